The second-order valence-electron chi connectivity index (χ2n) is 9.02. The molecule has 36 heavy (non-hydrogen) atoms. The molecule has 3 rings (SSSR count). The molecule has 0 unspecified atom stereocenters. The summed E-state index contributed by atoms with van der Waals surface area (Å²) in [5.74, 6) is -2.86. The Morgan fingerprint density at radius 2 is 1.67 bits per heavy atom. The van der Waals surface area contributed by atoms with Crippen molar-refractivity contribution in [2.75, 3.05) is 33.2 Å². The van der Waals surface area contributed by atoms with Gasteiger partial charge < -0.3 is 15.7 Å². The van der Waals surface area contributed by atoms with Gasteiger partial charge in [-0.3, -0.25) is 24.2 Å². The van der Waals surface area contributed by atoms with E-state index in [4.69, 9.17) is 0 Å². The molecule has 1 heterocycles. The van der Waals surface area contributed by atoms with Crippen molar-refractivity contribution in [3.8, 4) is 0 Å². The van der Waals surface area contributed by atoms with Gasteiger partial charge in [0.15, 0.2) is 0 Å². The van der Waals surface area contributed by atoms with E-state index in [2.05, 4.69) is 23.6 Å². The highest BCUT2D eigenvalue weighted by atomic mass is 19.1. The topological polar surface area (TPSA) is 102 Å². The number of carbonyl (C=O) groups excluding carboxylic acids is 3. The molecule has 0 spiro atoms. The van der Waals surface area contributed by atoms with E-state index in [0.717, 1.165) is 35.1 Å². The third-order valence-corrected chi connectivity index (χ3v) is 6.10. The van der Waals surface area contributed by atoms with Gasteiger partial charge in [-0.25, -0.2) is 8.78 Å². The summed E-state index contributed by atoms with van der Waals surface area (Å²) < 4.78 is 27.5. The van der Waals surface area contributed by atoms with Gasteiger partial charge in [-0.05, 0) is 41.7 Å². The first-order chi connectivity index (χ1) is 17.1. The Morgan fingerprint density at radius 3 is 2.31 bits per heavy atom. The largest absolute Gasteiger partial charge is 0.390 e. The van der Waals surface area contributed by atoms with Crippen molar-refractivity contribution in [3.05, 3.63) is 70.8 Å². The molecule has 2 atom stereocenters. The Morgan fingerprint density at radius 1 is 1.03 bits per heavy atom. The second kappa shape index (κ2) is 12.7. The van der Waals surface area contributed by atoms with Crippen molar-refractivity contribution in [1.29, 1.82) is 0 Å². The monoisotopic (exact) mass is 502 g/mol. The molecule has 0 bridgehead atoms. The van der Waals surface area contributed by atoms with Gasteiger partial charge in [0, 0.05) is 26.2 Å². The first-order valence-corrected chi connectivity index (χ1v) is 11.9. The van der Waals surface area contributed by atoms with Gasteiger partial charge in [0.05, 0.1) is 31.8 Å². The summed E-state index contributed by atoms with van der Waals surface area (Å²) in [7, 11) is 1.39. The molecule has 8 nitrogen and oxygen atoms in total. The number of piperazine rings is 1. The highest BCUT2D eigenvalue weighted by Gasteiger charge is 2.30. The molecule has 1 aliphatic rings. The van der Waals surface area contributed by atoms with Gasteiger partial charge in [-0.2, -0.15) is 0 Å². The average molecular weight is 503 g/mol. The Labute approximate surface area is 209 Å². The molecule has 3 amide bonds. The standard InChI is InChI=1S/C26H32F2N4O4/c1-3-17-5-4-6-18(7-17)12-29-13-23(33)22(10-19-8-20(27)11-21(28)9-19)30-24(34)14-32-15-25(35)31(2)26(36)16-32/h4-9,11,22-23,29,33H,3,10,12-16H2,1-2H3,(H,30,34)/t22-,23-/m0/s1. The summed E-state index contributed by atoms with van der Waals surface area (Å²) in [6, 6.07) is 10.2. The number of aryl methyl sites for hydroxylation is 1. The molecule has 0 aliphatic carbocycles. The number of carbonyl (C=O) groups is 3. The fourth-order valence-electron chi connectivity index (χ4n) is 4.09. The number of likely N-dealkylation sites (N-methyl/N-ethyl adjacent to an activating group) is 1. The zero-order valence-corrected chi connectivity index (χ0v) is 20.5. The van der Waals surface area contributed by atoms with Crippen LogP contribution in [0.15, 0.2) is 42.5 Å². The van der Waals surface area contributed by atoms with Crippen molar-refractivity contribution in [2.24, 2.45) is 0 Å². The van der Waals surface area contributed by atoms with Gasteiger partial charge >= 0.3 is 0 Å². The minimum absolute atomic E-state index is 0.0187. The normalized spacial score (nSPS) is 16.2. The Hall–Kier alpha value is -3.21. The highest BCUT2D eigenvalue weighted by molar-refractivity contribution is 5.99. The van der Waals surface area contributed by atoms with E-state index in [1.807, 2.05) is 18.2 Å². The van der Waals surface area contributed by atoms with Crippen LogP contribution < -0.4 is 10.6 Å². The second-order valence-corrected chi connectivity index (χ2v) is 9.02. The van der Waals surface area contributed by atoms with Crippen LogP contribution in [0.4, 0.5) is 8.78 Å². The Bertz CT molecular complexity index is 1060. The summed E-state index contributed by atoms with van der Waals surface area (Å²) in [5, 5.41) is 16.7. The van der Waals surface area contributed by atoms with E-state index in [0.29, 0.717) is 6.54 Å². The number of imide groups is 1. The maximum Gasteiger partial charge on any atom is 0.243 e. The molecular formula is C26H32F2N4O4. The lowest BCUT2D eigenvalue weighted by atomic mass is 10.0. The van der Waals surface area contributed by atoms with Crippen molar-refractivity contribution < 1.29 is 28.3 Å². The Balaban J connectivity index is 1.64. The molecule has 2 aromatic rings. The molecule has 1 aliphatic heterocycles. The molecule has 10 heteroatoms. The predicted octanol–water partition coefficient (Wildman–Crippen LogP) is 1.01. The zero-order valence-electron chi connectivity index (χ0n) is 20.5. The van der Waals surface area contributed by atoms with E-state index in [-0.39, 0.29) is 38.2 Å². The Kier molecular flexibility index (Phi) is 9.63. The van der Waals surface area contributed by atoms with Crippen LogP contribution in [0.1, 0.15) is 23.6 Å². The van der Waals surface area contributed by atoms with E-state index < -0.39 is 41.5 Å². The van der Waals surface area contributed by atoms with Gasteiger partial charge in [0.1, 0.15) is 11.6 Å². The number of hydrogen-bond donors (Lipinski definition) is 3. The number of amides is 3. The average Bonchev–Trinajstić information content (AvgIpc) is 2.81. The summed E-state index contributed by atoms with van der Waals surface area (Å²) in [4.78, 5) is 39.0. The van der Waals surface area contributed by atoms with Gasteiger partial charge in [-0.1, -0.05) is 31.2 Å². The van der Waals surface area contributed by atoms with E-state index in [1.165, 1.54) is 17.5 Å². The quantitative estimate of drug-likeness (QED) is 0.397. The van der Waals surface area contributed by atoms with E-state index in [1.54, 1.807) is 0 Å². The van der Waals surface area contributed by atoms with Crippen LogP contribution in [0.2, 0.25) is 0 Å². The van der Waals surface area contributed by atoms with Crippen LogP contribution >= 0.6 is 0 Å². The lowest BCUT2D eigenvalue weighted by Crippen LogP contribution is -2.56. The lowest BCUT2D eigenvalue weighted by Gasteiger charge is -2.31. The number of nitrogens with one attached hydrogen (secondary N) is 2. The molecular weight excluding hydrogens is 470 g/mol. The van der Waals surface area contributed by atoms with Crippen LogP contribution in [-0.4, -0.2) is 78.0 Å². The van der Waals surface area contributed by atoms with Crippen molar-refractivity contribution >= 4 is 17.7 Å². The fraction of sp³-hybridized carbons (Fsp3) is 0.423. The van der Waals surface area contributed by atoms with E-state index in [9.17, 15) is 28.3 Å². The highest BCUT2D eigenvalue weighted by Crippen LogP contribution is 2.13. The number of hydrogen-bond acceptors (Lipinski definition) is 6. The molecule has 0 saturated carbocycles. The first-order valence-electron chi connectivity index (χ1n) is 11.9. The molecule has 3 N–H and O–H groups in total. The van der Waals surface area contributed by atoms with Crippen LogP contribution in [0.3, 0.4) is 0 Å². The fourth-order valence-corrected chi connectivity index (χ4v) is 4.09. The number of nitrogens with zero attached hydrogens (tertiary/aromatic N) is 2. The number of aliphatic hydroxyl groups is 1. The van der Waals surface area contributed by atoms with Crippen LogP contribution in [0.5, 0.6) is 0 Å². The van der Waals surface area contributed by atoms with Gasteiger partial charge in [-0.15, -0.1) is 0 Å². The summed E-state index contributed by atoms with van der Waals surface area (Å²) in [5.41, 5.74) is 2.50. The number of rotatable bonds is 11. The smallest absolute Gasteiger partial charge is 0.243 e. The van der Waals surface area contributed by atoms with Crippen molar-refractivity contribution in [1.82, 2.24) is 20.4 Å². The summed E-state index contributed by atoms with van der Waals surface area (Å²) in [6.07, 6.45) is -0.195. The van der Waals surface area contributed by atoms with Crippen molar-refractivity contribution in [2.45, 2.75) is 38.5 Å². The zero-order chi connectivity index (χ0) is 26.2. The molecule has 0 aromatic heterocycles. The minimum Gasteiger partial charge on any atom is -0.390 e. The molecule has 0 radical (unpaired) electrons. The first kappa shape index (κ1) is 27.4. The lowest BCUT2D eigenvalue weighted by molar-refractivity contribution is -0.149. The third kappa shape index (κ3) is 7.91. The van der Waals surface area contributed by atoms with Crippen LogP contribution in [0.25, 0.3) is 0 Å². The molecule has 194 valence electrons. The summed E-state index contributed by atoms with van der Waals surface area (Å²) >= 11 is 0. The maximum atomic E-state index is 13.7. The number of aliphatic hydroxyl groups excluding tert-OH is 1. The van der Waals surface area contributed by atoms with Gasteiger partial charge in [0.2, 0.25) is 17.7 Å². The summed E-state index contributed by atoms with van der Waals surface area (Å²) in [6.45, 7) is 2.26. The van der Waals surface area contributed by atoms with E-state index >= 15 is 0 Å². The maximum absolute atomic E-state index is 13.7. The number of halogens is 2. The number of benzene rings is 2. The SMILES string of the molecule is CCc1cccc(CNC[C@H](O)[C@H](Cc2cc(F)cc(F)c2)NC(=O)CN2CC(=O)N(C)C(=O)C2)c1. The third-order valence-electron chi connectivity index (χ3n) is 6.10. The predicted molar refractivity (Wildman–Crippen MR) is 130 cm³/mol. The minimum atomic E-state index is -1.08. The van der Waals surface area contributed by atoms with Crippen LogP contribution in [0, 0.1) is 11.6 Å². The van der Waals surface area contributed by atoms with Crippen molar-refractivity contribution in [3.63, 3.8) is 0 Å². The molecule has 1 saturated heterocycles. The van der Waals surface area contributed by atoms with Gasteiger partial charge in [0.25, 0.3) is 0 Å². The molecule has 2 aromatic carbocycles. The van der Waals surface area contributed by atoms with Crippen LogP contribution in [-0.2, 0) is 33.8 Å². The molecule has 1 fully saturated rings.